The number of aromatic nitrogens is 2. The monoisotopic (exact) mass is 348 g/mol. The zero-order chi connectivity index (χ0) is 14.5. The zero-order valence-electron chi connectivity index (χ0n) is 12.6. The number of hydrogen-bond donors (Lipinski definition) is 0. The van der Waals surface area contributed by atoms with Crippen LogP contribution in [0.3, 0.4) is 0 Å². The van der Waals surface area contributed by atoms with Gasteiger partial charge < -0.3 is 0 Å². The van der Waals surface area contributed by atoms with Gasteiger partial charge in [0.15, 0.2) is 0 Å². The fourth-order valence-electron chi connectivity index (χ4n) is 2.52. The van der Waals surface area contributed by atoms with Gasteiger partial charge in [-0.1, -0.05) is 61.1 Å². The summed E-state index contributed by atoms with van der Waals surface area (Å²) in [6.07, 6.45) is 6.84. The molecule has 2 nitrogen and oxygen atoms in total. The molecule has 0 saturated carbocycles. The van der Waals surface area contributed by atoms with E-state index >= 15 is 0 Å². The molecule has 1 rings (SSSR count). The quantitative estimate of drug-likeness (QED) is 0.593. The molecule has 0 aromatic carbocycles. The average molecular weight is 350 g/mol. The fraction of sp³-hybridized carbons (Fsp3) is 0.800. The Morgan fingerprint density at radius 2 is 2.00 bits per heavy atom. The van der Waals surface area contributed by atoms with Crippen molar-refractivity contribution < 1.29 is 0 Å². The lowest BCUT2D eigenvalue weighted by Gasteiger charge is -2.31. The van der Waals surface area contributed by atoms with Crippen molar-refractivity contribution in [3.8, 4) is 0 Å². The summed E-state index contributed by atoms with van der Waals surface area (Å²) in [5.41, 5.74) is 2.52. The molecule has 1 atom stereocenters. The number of halogens is 2. The first-order chi connectivity index (χ1) is 9.03. The summed E-state index contributed by atoms with van der Waals surface area (Å²) in [7, 11) is 2.01. The minimum absolute atomic E-state index is 0.304. The van der Waals surface area contributed by atoms with Gasteiger partial charge in [-0.2, -0.15) is 5.10 Å². The Kier molecular flexibility index (Phi) is 6.89. The molecule has 1 aromatic heterocycles. The number of alkyl halides is 1. The first-order valence-corrected chi connectivity index (χ1v) is 8.79. The second kappa shape index (κ2) is 7.68. The third-order valence-electron chi connectivity index (χ3n) is 4.14. The standard InChI is InChI=1S/C15H26BrClN2/c1-5-8-9-15(7-3,11-16)10-13-14(17)12(6-2)18-19(13)4/h5-11H2,1-4H3. The van der Waals surface area contributed by atoms with Crippen molar-refractivity contribution in [2.75, 3.05) is 5.33 Å². The maximum absolute atomic E-state index is 6.49. The van der Waals surface area contributed by atoms with Crippen LogP contribution < -0.4 is 0 Å². The summed E-state index contributed by atoms with van der Waals surface area (Å²) in [6, 6.07) is 0. The van der Waals surface area contributed by atoms with Gasteiger partial charge in [0.05, 0.1) is 16.4 Å². The topological polar surface area (TPSA) is 17.8 Å². The Balaban J connectivity index is 2.99. The number of nitrogens with zero attached hydrogens (tertiary/aromatic N) is 2. The van der Waals surface area contributed by atoms with E-state index in [9.17, 15) is 0 Å². The molecule has 0 aliphatic heterocycles. The molecule has 0 N–H and O–H groups in total. The van der Waals surface area contributed by atoms with E-state index in [-0.39, 0.29) is 0 Å². The molecule has 0 spiro atoms. The second-order valence-electron chi connectivity index (χ2n) is 5.45. The van der Waals surface area contributed by atoms with E-state index < -0.39 is 0 Å². The number of hydrogen-bond acceptors (Lipinski definition) is 1. The smallest absolute Gasteiger partial charge is 0.0849 e. The highest BCUT2D eigenvalue weighted by atomic mass is 79.9. The van der Waals surface area contributed by atoms with Crippen molar-refractivity contribution >= 4 is 27.5 Å². The van der Waals surface area contributed by atoms with Crippen molar-refractivity contribution in [3.63, 3.8) is 0 Å². The molecule has 1 heterocycles. The van der Waals surface area contributed by atoms with E-state index in [1.165, 1.54) is 31.4 Å². The van der Waals surface area contributed by atoms with Gasteiger partial charge in [0.2, 0.25) is 0 Å². The largest absolute Gasteiger partial charge is 0.271 e. The molecule has 0 amide bonds. The Bertz CT molecular complexity index is 397. The predicted octanol–water partition coefficient (Wildman–Crippen LogP) is 5.16. The summed E-state index contributed by atoms with van der Waals surface area (Å²) in [6.45, 7) is 6.63. The molecule has 0 fully saturated rings. The van der Waals surface area contributed by atoms with Crippen LogP contribution in [0.4, 0.5) is 0 Å². The predicted molar refractivity (Wildman–Crippen MR) is 87.3 cm³/mol. The van der Waals surface area contributed by atoms with E-state index in [0.717, 1.165) is 28.9 Å². The summed E-state index contributed by atoms with van der Waals surface area (Å²) in [5, 5.41) is 6.43. The molecule has 0 bridgehead atoms. The number of aryl methyl sites for hydroxylation is 2. The summed E-state index contributed by atoms with van der Waals surface area (Å²) in [5.74, 6) is 0. The van der Waals surface area contributed by atoms with Crippen LogP contribution in [0.5, 0.6) is 0 Å². The van der Waals surface area contributed by atoms with Crippen LogP contribution >= 0.6 is 27.5 Å². The highest BCUT2D eigenvalue weighted by molar-refractivity contribution is 9.09. The van der Waals surface area contributed by atoms with E-state index in [2.05, 4.69) is 41.8 Å². The van der Waals surface area contributed by atoms with Gasteiger partial charge in [0.25, 0.3) is 0 Å². The lowest BCUT2D eigenvalue weighted by atomic mass is 9.78. The van der Waals surface area contributed by atoms with Gasteiger partial charge in [0.1, 0.15) is 0 Å². The van der Waals surface area contributed by atoms with Crippen LogP contribution in [0.15, 0.2) is 0 Å². The number of rotatable bonds is 8. The molecule has 0 aliphatic rings. The minimum Gasteiger partial charge on any atom is -0.271 e. The summed E-state index contributed by atoms with van der Waals surface area (Å²) in [4.78, 5) is 0. The van der Waals surface area contributed by atoms with E-state index in [4.69, 9.17) is 11.6 Å². The van der Waals surface area contributed by atoms with E-state index in [1.54, 1.807) is 0 Å². The normalized spacial score (nSPS) is 14.6. The second-order valence-corrected chi connectivity index (χ2v) is 6.39. The van der Waals surface area contributed by atoms with Gasteiger partial charge in [-0.15, -0.1) is 0 Å². The molecule has 0 aliphatic carbocycles. The lowest BCUT2D eigenvalue weighted by molar-refractivity contribution is 0.277. The van der Waals surface area contributed by atoms with Crippen LogP contribution in [-0.2, 0) is 19.9 Å². The fourth-order valence-corrected chi connectivity index (χ4v) is 3.75. The Morgan fingerprint density at radius 1 is 1.32 bits per heavy atom. The van der Waals surface area contributed by atoms with Crippen LogP contribution in [0.2, 0.25) is 5.02 Å². The van der Waals surface area contributed by atoms with Crippen molar-refractivity contribution in [3.05, 3.63) is 16.4 Å². The average Bonchev–Trinajstić information content (AvgIpc) is 2.70. The third-order valence-corrected chi connectivity index (χ3v) is 5.77. The molecular formula is C15H26BrClN2. The molecular weight excluding hydrogens is 324 g/mol. The Labute approximate surface area is 131 Å². The molecule has 1 aromatic rings. The summed E-state index contributed by atoms with van der Waals surface area (Å²) >= 11 is 10.2. The minimum atomic E-state index is 0.304. The maximum Gasteiger partial charge on any atom is 0.0849 e. The zero-order valence-corrected chi connectivity index (χ0v) is 14.9. The van der Waals surface area contributed by atoms with Crippen molar-refractivity contribution in [2.45, 2.75) is 59.3 Å². The van der Waals surface area contributed by atoms with Crippen molar-refractivity contribution in [2.24, 2.45) is 12.5 Å². The lowest BCUT2D eigenvalue weighted by Crippen LogP contribution is -2.26. The van der Waals surface area contributed by atoms with Crippen LogP contribution in [0.25, 0.3) is 0 Å². The first kappa shape index (κ1) is 17.0. The third kappa shape index (κ3) is 3.98. The SMILES string of the molecule is CCCCC(CC)(CBr)Cc1c(Cl)c(CC)nn1C. The van der Waals surface area contributed by atoms with Crippen LogP contribution in [-0.4, -0.2) is 15.1 Å². The van der Waals surface area contributed by atoms with E-state index in [0.29, 0.717) is 5.41 Å². The highest BCUT2D eigenvalue weighted by Gasteiger charge is 2.29. The van der Waals surface area contributed by atoms with Crippen molar-refractivity contribution in [1.82, 2.24) is 9.78 Å². The van der Waals surface area contributed by atoms with Gasteiger partial charge in [-0.25, -0.2) is 0 Å². The van der Waals surface area contributed by atoms with Crippen LogP contribution in [0.1, 0.15) is 57.8 Å². The molecule has 0 radical (unpaired) electrons. The van der Waals surface area contributed by atoms with Crippen LogP contribution in [0, 0.1) is 5.41 Å². The molecule has 1 unspecified atom stereocenters. The van der Waals surface area contributed by atoms with Gasteiger partial charge >= 0.3 is 0 Å². The first-order valence-electron chi connectivity index (χ1n) is 7.29. The molecule has 4 heteroatoms. The molecule has 110 valence electrons. The Morgan fingerprint density at radius 3 is 2.42 bits per heavy atom. The van der Waals surface area contributed by atoms with Crippen molar-refractivity contribution in [1.29, 1.82) is 0 Å². The maximum atomic E-state index is 6.49. The van der Waals surface area contributed by atoms with Gasteiger partial charge in [0, 0.05) is 12.4 Å². The Hall–Kier alpha value is -0.0200. The molecule has 0 saturated heterocycles. The van der Waals surface area contributed by atoms with Gasteiger partial charge in [-0.3, -0.25) is 4.68 Å². The highest BCUT2D eigenvalue weighted by Crippen LogP contribution is 2.37. The number of unbranched alkanes of at least 4 members (excludes halogenated alkanes) is 1. The summed E-state index contributed by atoms with van der Waals surface area (Å²) < 4.78 is 1.97. The molecule has 19 heavy (non-hydrogen) atoms. The van der Waals surface area contributed by atoms with E-state index in [1.807, 2.05) is 11.7 Å². The van der Waals surface area contributed by atoms with Gasteiger partial charge in [-0.05, 0) is 31.1 Å².